The zero-order valence-corrected chi connectivity index (χ0v) is 12.7. The fourth-order valence-electron chi connectivity index (χ4n) is 3.33. The molecule has 2 rings (SSSR count). The molecule has 1 aliphatic heterocycles. The number of allylic oxidation sites excluding steroid dienone is 1. The van der Waals surface area contributed by atoms with E-state index in [9.17, 15) is 0 Å². The smallest absolute Gasteiger partial charge is 0.0893 e. The van der Waals surface area contributed by atoms with Crippen molar-refractivity contribution in [1.82, 2.24) is 10.2 Å². The molecule has 110 valence electrons. The molecule has 0 radical (unpaired) electrons. The molecule has 1 aliphatic carbocycles. The van der Waals surface area contributed by atoms with Crippen molar-refractivity contribution in [3.8, 4) is 0 Å². The van der Waals surface area contributed by atoms with Gasteiger partial charge in [0, 0.05) is 13.1 Å². The first-order valence-electron chi connectivity index (χ1n) is 8.05. The maximum atomic E-state index is 6.04. The predicted molar refractivity (Wildman–Crippen MR) is 80.5 cm³/mol. The lowest BCUT2D eigenvalue weighted by molar-refractivity contribution is -0.0383. The van der Waals surface area contributed by atoms with Crippen LogP contribution in [0.25, 0.3) is 0 Å². The van der Waals surface area contributed by atoms with Crippen LogP contribution < -0.4 is 5.32 Å². The first-order chi connectivity index (χ1) is 9.35. The number of ether oxygens (including phenoxy) is 1. The third kappa shape index (κ3) is 4.30. The van der Waals surface area contributed by atoms with E-state index >= 15 is 0 Å². The van der Waals surface area contributed by atoms with Crippen molar-refractivity contribution in [3.63, 3.8) is 0 Å². The summed E-state index contributed by atoms with van der Waals surface area (Å²) in [5.74, 6) is 0. The summed E-state index contributed by atoms with van der Waals surface area (Å²) in [6.07, 6.45) is 10.8. The third-order valence-corrected chi connectivity index (χ3v) is 4.53. The van der Waals surface area contributed by atoms with Gasteiger partial charge in [0.2, 0.25) is 0 Å². The van der Waals surface area contributed by atoms with Gasteiger partial charge in [-0.25, -0.2) is 0 Å². The quantitative estimate of drug-likeness (QED) is 0.792. The van der Waals surface area contributed by atoms with Gasteiger partial charge in [0.1, 0.15) is 0 Å². The molecule has 1 saturated heterocycles. The molecule has 2 unspecified atom stereocenters. The summed E-state index contributed by atoms with van der Waals surface area (Å²) in [6, 6.07) is 0.410. The van der Waals surface area contributed by atoms with Crippen LogP contribution >= 0.6 is 0 Å². The molecule has 0 amide bonds. The molecule has 0 aromatic carbocycles. The zero-order chi connectivity index (χ0) is 13.5. The lowest BCUT2D eigenvalue weighted by atomic mass is 9.91. The van der Waals surface area contributed by atoms with E-state index < -0.39 is 0 Å². The predicted octanol–water partition coefficient (Wildman–Crippen LogP) is 2.58. The molecule has 1 heterocycles. The summed E-state index contributed by atoms with van der Waals surface area (Å²) in [5, 5.41) is 3.51. The van der Waals surface area contributed by atoms with E-state index in [0.717, 1.165) is 26.2 Å². The van der Waals surface area contributed by atoms with Gasteiger partial charge < -0.3 is 10.1 Å². The molecule has 0 saturated carbocycles. The standard InChI is InChI=1S/C16H30N2O/c1-3-18-11-12-19-15(13-18)16(17-2)14-9-7-5-4-6-8-10-14/h9,15-17H,3-8,10-13H2,1-2H3. The van der Waals surface area contributed by atoms with Gasteiger partial charge in [0.25, 0.3) is 0 Å². The minimum Gasteiger partial charge on any atom is -0.374 e. The molecule has 3 nitrogen and oxygen atoms in total. The fourth-order valence-corrected chi connectivity index (χ4v) is 3.33. The fraction of sp³-hybridized carbons (Fsp3) is 0.875. The third-order valence-electron chi connectivity index (χ3n) is 4.53. The van der Waals surface area contributed by atoms with Crippen molar-refractivity contribution in [2.24, 2.45) is 0 Å². The van der Waals surface area contributed by atoms with Crippen LogP contribution in [-0.4, -0.2) is 50.3 Å². The van der Waals surface area contributed by atoms with Crippen LogP contribution in [0.15, 0.2) is 11.6 Å². The van der Waals surface area contributed by atoms with E-state index in [-0.39, 0.29) is 0 Å². The number of likely N-dealkylation sites (N-methyl/N-ethyl adjacent to an activating group) is 2. The Balaban J connectivity index is 2.00. The van der Waals surface area contributed by atoms with Crippen molar-refractivity contribution in [2.75, 3.05) is 33.3 Å². The maximum absolute atomic E-state index is 6.04. The zero-order valence-electron chi connectivity index (χ0n) is 12.7. The Morgan fingerprint density at radius 3 is 3.00 bits per heavy atom. The van der Waals surface area contributed by atoms with Gasteiger partial charge in [-0.3, -0.25) is 4.90 Å². The second-order valence-electron chi connectivity index (χ2n) is 5.80. The van der Waals surface area contributed by atoms with E-state index in [2.05, 4.69) is 30.3 Å². The van der Waals surface area contributed by atoms with Crippen LogP contribution in [0.4, 0.5) is 0 Å². The number of morpholine rings is 1. The van der Waals surface area contributed by atoms with Gasteiger partial charge in [-0.2, -0.15) is 0 Å². The Morgan fingerprint density at radius 2 is 2.21 bits per heavy atom. The number of hydrogen-bond acceptors (Lipinski definition) is 3. The van der Waals surface area contributed by atoms with Crippen molar-refractivity contribution in [1.29, 1.82) is 0 Å². The van der Waals surface area contributed by atoms with E-state index in [1.54, 1.807) is 5.57 Å². The van der Waals surface area contributed by atoms with Gasteiger partial charge in [0.15, 0.2) is 0 Å². The topological polar surface area (TPSA) is 24.5 Å². The Labute approximate surface area is 118 Å². The summed E-state index contributed by atoms with van der Waals surface area (Å²) in [6.45, 7) is 6.41. The molecule has 0 bridgehead atoms. The minimum absolute atomic E-state index is 0.323. The summed E-state index contributed by atoms with van der Waals surface area (Å²) in [5.41, 5.74) is 1.59. The van der Waals surface area contributed by atoms with E-state index in [1.165, 1.54) is 38.5 Å². The average molecular weight is 266 g/mol. The summed E-state index contributed by atoms with van der Waals surface area (Å²) >= 11 is 0. The highest BCUT2D eigenvalue weighted by Crippen LogP contribution is 2.23. The van der Waals surface area contributed by atoms with Crippen molar-refractivity contribution >= 4 is 0 Å². The molecule has 19 heavy (non-hydrogen) atoms. The summed E-state index contributed by atoms with van der Waals surface area (Å²) in [7, 11) is 2.08. The van der Waals surface area contributed by atoms with E-state index in [1.807, 2.05) is 0 Å². The number of rotatable bonds is 4. The second kappa shape index (κ2) is 8.03. The maximum Gasteiger partial charge on any atom is 0.0893 e. The summed E-state index contributed by atoms with van der Waals surface area (Å²) in [4.78, 5) is 2.50. The molecule has 3 heteroatoms. The highest BCUT2D eigenvalue weighted by molar-refractivity contribution is 5.14. The Morgan fingerprint density at radius 1 is 1.37 bits per heavy atom. The molecule has 0 aromatic rings. The van der Waals surface area contributed by atoms with Gasteiger partial charge in [-0.1, -0.05) is 31.4 Å². The van der Waals surface area contributed by atoms with Gasteiger partial charge in [0.05, 0.1) is 18.8 Å². The Bertz CT molecular complexity index is 290. The van der Waals surface area contributed by atoms with Crippen LogP contribution in [0.3, 0.4) is 0 Å². The van der Waals surface area contributed by atoms with E-state index in [4.69, 9.17) is 4.74 Å². The van der Waals surface area contributed by atoms with Gasteiger partial charge in [-0.05, 0) is 39.3 Å². The second-order valence-corrected chi connectivity index (χ2v) is 5.80. The normalized spacial score (nSPS) is 28.3. The van der Waals surface area contributed by atoms with Crippen molar-refractivity contribution in [3.05, 3.63) is 11.6 Å². The Hall–Kier alpha value is -0.380. The van der Waals surface area contributed by atoms with Gasteiger partial charge in [-0.15, -0.1) is 0 Å². The number of nitrogens with zero attached hydrogens (tertiary/aromatic N) is 1. The molecule has 1 fully saturated rings. The van der Waals surface area contributed by atoms with Crippen molar-refractivity contribution in [2.45, 2.75) is 57.6 Å². The molecule has 1 N–H and O–H groups in total. The number of hydrogen-bond donors (Lipinski definition) is 1. The summed E-state index contributed by atoms with van der Waals surface area (Å²) < 4.78 is 6.04. The monoisotopic (exact) mass is 266 g/mol. The Kier molecular flexibility index (Phi) is 6.35. The largest absolute Gasteiger partial charge is 0.374 e. The molecule has 2 aliphatic rings. The molecular weight excluding hydrogens is 236 g/mol. The lowest BCUT2D eigenvalue weighted by Crippen LogP contribution is -2.52. The van der Waals surface area contributed by atoms with Crippen LogP contribution in [-0.2, 0) is 4.74 Å². The van der Waals surface area contributed by atoms with E-state index in [0.29, 0.717) is 12.1 Å². The van der Waals surface area contributed by atoms with Crippen LogP contribution in [0.5, 0.6) is 0 Å². The minimum atomic E-state index is 0.323. The highest BCUT2D eigenvalue weighted by Gasteiger charge is 2.28. The number of nitrogens with one attached hydrogen (secondary N) is 1. The molecular formula is C16H30N2O. The first-order valence-corrected chi connectivity index (χ1v) is 8.05. The van der Waals surface area contributed by atoms with Crippen molar-refractivity contribution < 1.29 is 4.74 Å². The lowest BCUT2D eigenvalue weighted by Gasteiger charge is -2.37. The van der Waals surface area contributed by atoms with Crippen LogP contribution in [0.2, 0.25) is 0 Å². The van der Waals surface area contributed by atoms with Gasteiger partial charge >= 0.3 is 0 Å². The molecule has 0 aromatic heterocycles. The SMILES string of the molecule is CCN1CCOC(C(NC)C2=CCCCCCC2)C1. The highest BCUT2D eigenvalue weighted by atomic mass is 16.5. The van der Waals surface area contributed by atoms with Crippen LogP contribution in [0, 0.1) is 0 Å². The molecule has 2 atom stereocenters. The average Bonchev–Trinajstić information content (AvgIpc) is 2.42. The first kappa shape index (κ1) is 15.0. The molecule has 0 spiro atoms. The van der Waals surface area contributed by atoms with Crippen LogP contribution in [0.1, 0.15) is 45.4 Å².